The number of likely N-dealkylation sites (N-methyl/N-ethyl adjacent to an activating group) is 1. The van der Waals surface area contributed by atoms with Crippen LogP contribution >= 0.6 is 0 Å². The van der Waals surface area contributed by atoms with E-state index in [1.165, 1.54) is 6.07 Å². The van der Waals surface area contributed by atoms with Crippen LogP contribution in [-0.4, -0.2) is 30.0 Å². The fourth-order valence-electron chi connectivity index (χ4n) is 2.01. The molecule has 0 bridgehead atoms. The van der Waals surface area contributed by atoms with Gasteiger partial charge in [0.15, 0.2) is 0 Å². The molecule has 0 saturated heterocycles. The lowest BCUT2D eigenvalue weighted by molar-refractivity contribution is 0.376. The Kier molecular flexibility index (Phi) is 3.59. The molecule has 0 atom stereocenters. The van der Waals surface area contributed by atoms with Crippen LogP contribution in [-0.2, 0) is 6.42 Å². The van der Waals surface area contributed by atoms with Crippen LogP contribution in [0.15, 0.2) is 37.1 Å². The van der Waals surface area contributed by atoms with Crippen LogP contribution in [0, 0.1) is 5.82 Å². The van der Waals surface area contributed by atoms with Crippen molar-refractivity contribution in [3.05, 3.63) is 48.4 Å². The molecule has 0 aliphatic carbocycles. The molecular formula is C14H17FN2. The van der Waals surface area contributed by atoms with Crippen LogP contribution in [0.4, 0.5) is 4.39 Å². The summed E-state index contributed by atoms with van der Waals surface area (Å²) in [6, 6.07) is 5.19. The quantitative estimate of drug-likeness (QED) is 0.785. The molecule has 0 radical (unpaired) electrons. The third-order valence-electron chi connectivity index (χ3n) is 2.95. The Morgan fingerprint density at radius 2 is 2.29 bits per heavy atom. The first-order chi connectivity index (χ1) is 8.22. The number of fused-ring (bicyclic) bond motifs is 1. The summed E-state index contributed by atoms with van der Waals surface area (Å²) in [5.74, 6) is -0.187. The van der Waals surface area contributed by atoms with Gasteiger partial charge in [-0.25, -0.2) is 4.39 Å². The van der Waals surface area contributed by atoms with Gasteiger partial charge in [0.25, 0.3) is 0 Å². The first kappa shape index (κ1) is 11.9. The van der Waals surface area contributed by atoms with Gasteiger partial charge in [-0.2, -0.15) is 0 Å². The topological polar surface area (TPSA) is 19.0 Å². The van der Waals surface area contributed by atoms with Crippen molar-refractivity contribution in [3.8, 4) is 0 Å². The standard InChI is InChI=1S/C14H17FN2/c1-3-8-17(2)9-7-11-10-16-14-12(11)5-4-6-13(14)15/h3-6,10,16H,1,7-9H2,2H3. The van der Waals surface area contributed by atoms with Crippen molar-refractivity contribution in [1.82, 2.24) is 9.88 Å². The Morgan fingerprint density at radius 3 is 3.06 bits per heavy atom. The molecule has 2 rings (SSSR count). The third kappa shape index (κ3) is 2.56. The molecule has 0 amide bonds. The summed E-state index contributed by atoms with van der Waals surface area (Å²) >= 11 is 0. The van der Waals surface area contributed by atoms with E-state index in [1.54, 1.807) is 6.07 Å². The third-order valence-corrected chi connectivity index (χ3v) is 2.95. The number of halogens is 1. The zero-order valence-electron chi connectivity index (χ0n) is 10.0. The summed E-state index contributed by atoms with van der Waals surface area (Å²) in [6.07, 6.45) is 4.69. The minimum Gasteiger partial charge on any atom is -0.359 e. The monoisotopic (exact) mass is 232 g/mol. The van der Waals surface area contributed by atoms with Crippen LogP contribution in [0.3, 0.4) is 0 Å². The van der Waals surface area contributed by atoms with E-state index in [0.717, 1.165) is 30.5 Å². The molecule has 0 aliphatic rings. The maximum atomic E-state index is 13.5. The summed E-state index contributed by atoms with van der Waals surface area (Å²) in [5.41, 5.74) is 1.77. The molecule has 0 spiro atoms. The number of rotatable bonds is 5. The molecule has 1 aromatic carbocycles. The Bertz CT molecular complexity index is 516. The minimum absolute atomic E-state index is 0.187. The van der Waals surface area contributed by atoms with E-state index < -0.39 is 0 Å². The number of para-hydroxylation sites is 1. The van der Waals surface area contributed by atoms with Crippen molar-refractivity contribution in [2.45, 2.75) is 6.42 Å². The Balaban J connectivity index is 2.14. The van der Waals surface area contributed by atoms with E-state index in [0.29, 0.717) is 5.52 Å². The van der Waals surface area contributed by atoms with Gasteiger partial charge in [0.2, 0.25) is 0 Å². The fraction of sp³-hybridized carbons (Fsp3) is 0.286. The molecular weight excluding hydrogens is 215 g/mol. The van der Waals surface area contributed by atoms with Crippen LogP contribution in [0.25, 0.3) is 10.9 Å². The van der Waals surface area contributed by atoms with Gasteiger partial charge in [-0.1, -0.05) is 18.2 Å². The summed E-state index contributed by atoms with van der Waals surface area (Å²) < 4.78 is 13.5. The Labute approximate surface area is 101 Å². The molecule has 2 nitrogen and oxygen atoms in total. The van der Waals surface area contributed by atoms with Gasteiger partial charge in [-0.15, -0.1) is 6.58 Å². The van der Waals surface area contributed by atoms with Gasteiger partial charge >= 0.3 is 0 Å². The lowest BCUT2D eigenvalue weighted by Gasteiger charge is -2.13. The fourth-order valence-corrected chi connectivity index (χ4v) is 2.01. The molecule has 0 aliphatic heterocycles. The number of aromatic nitrogens is 1. The molecule has 0 fully saturated rings. The van der Waals surface area contributed by atoms with Crippen LogP contribution < -0.4 is 0 Å². The van der Waals surface area contributed by atoms with Gasteiger partial charge in [-0.3, -0.25) is 0 Å². The second-order valence-corrected chi connectivity index (χ2v) is 4.28. The van der Waals surface area contributed by atoms with Crippen molar-refractivity contribution >= 4 is 10.9 Å². The average Bonchev–Trinajstić information content (AvgIpc) is 2.72. The highest BCUT2D eigenvalue weighted by molar-refractivity contribution is 5.83. The number of hydrogen-bond donors (Lipinski definition) is 1. The van der Waals surface area contributed by atoms with Crippen LogP contribution in [0.2, 0.25) is 0 Å². The number of aromatic amines is 1. The Morgan fingerprint density at radius 1 is 1.47 bits per heavy atom. The second-order valence-electron chi connectivity index (χ2n) is 4.28. The average molecular weight is 232 g/mol. The van der Waals surface area contributed by atoms with Crippen molar-refractivity contribution < 1.29 is 4.39 Å². The summed E-state index contributed by atoms with van der Waals surface area (Å²) in [7, 11) is 2.05. The lowest BCUT2D eigenvalue weighted by Crippen LogP contribution is -2.20. The highest BCUT2D eigenvalue weighted by atomic mass is 19.1. The highest BCUT2D eigenvalue weighted by Gasteiger charge is 2.07. The zero-order valence-corrected chi connectivity index (χ0v) is 10.0. The van der Waals surface area contributed by atoms with Crippen LogP contribution in [0.1, 0.15) is 5.56 Å². The van der Waals surface area contributed by atoms with Crippen LogP contribution in [0.5, 0.6) is 0 Å². The molecule has 0 saturated carbocycles. The predicted molar refractivity (Wildman–Crippen MR) is 69.7 cm³/mol. The number of hydrogen-bond acceptors (Lipinski definition) is 1. The SMILES string of the molecule is C=CCN(C)CCc1c[nH]c2c(F)cccc12. The first-order valence-corrected chi connectivity index (χ1v) is 5.76. The van der Waals surface area contributed by atoms with E-state index in [-0.39, 0.29) is 5.82 Å². The molecule has 1 aromatic heterocycles. The second kappa shape index (κ2) is 5.15. The maximum absolute atomic E-state index is 13.5. The molecule has 3 heteroatoms. The van der Waals surface area contributed by atoms with E-state index in [4.69, 9.17) is 0 Å². The normalized spacial score (nSPS) is 11.2. The highest BCUT2D eigenvalue weighted by Crippen LogP contribution is 2.21. The number of nitrogens with zero attached hydrogens (tertiary/aromatic N) is 1. The molecule has 0 unspecified atom stereocenters. The van der Waals surface area contributed by atoms with E-state index in [1.807, 2.05) is 18.3 Å². The summed E-state index contributed by atoms with van der Waals surface area (Å²) in [5, 5.41) is 0.983. The Hall–Kier alpha value is -1.61. The minimum atomic E-state index is -0.187. The van der Waals surface area contributed by atoms with Crippen molar-refractivity contribution in [2.24, 2.45) is 0 Å². The molecule has 2 aromatic rings. The van der Waals surface area contributed by atoms with E-state index in [2.05, 4.69) is 23.5 Å². The zero-order chi connectivity index (χ0) is 12.3. The van der Waals surface area contributed by atoms with Crippen molar-refractivity contribution in [1.29, 1.82) is 0 Å². The molecule has 1 N–H and O–H groups in total. The van der Waals surface area contributed by atoms with Gasteiger partial charge in [0.05, 0.1) is 5.52 Å². The summed E-state index contributed by atoms with van der Waals surface area (Å²) in [6.45, 7) is 5.52. The number of benzene rings is 1. The lowest BCUT2D eigenvalue weighted by atomic mass is 10.1. The number of H-pyrrole nitrogens is 1. The largest absolute Gasteiger partial charge is 0.359 e. The predicted octanol–water partition coefficient (Wildman–Crippen LogP) is 2.97. The maximum Gasteiger partial charge on any atom is 0.147 e. The molecule has 90 valence electrons. The van der Waals surface area contributed by atoms with E-state index >= 15 is 0 Å². The van der Waals surface area contributed by atoms with Gasteiger partial charge < -0.3 is 9.88 Å². The van der Waals surface area contributed by atoms with Crippen molar-refractivity contribution in [3.63, 3.8) is 0 Å². The smallest absolute Gasteiger partial charge is 0.147 e. The number of nitrogens with one attached hydrogen (secondary N) is 1. The molecule has 17 heavy (non-hydrogen) atoms. The summed E-state index contributed by atoms with van der Waals surface area (Å²) in [4.78, 5) is 5.18. The van der Waals surface area contributed by atoms with Gasteiger partial charge in [0, 0.05) is 24.7 Å². The van der Waals surface area contributed by atoms with E-state index in [9.17, 15) is 4.39 Å². The van der Waals surface area contributed by atoms with Gasteiger partial charge in [0.1, 0.15) is 5.82 Å². The van der Waals surface area contributed by atoms with Gasteiger partial charge in [-0.05, 0) is 25.1 Å². The first-order valence-electron chi connectivity index (χ1n) is 5.76. The van der Waals surface area contributed by atoms with Crippen molar-refractivity contribution in [2.75, 3.05) is 20.1 Å². The molecule has 1 heterocycles.